The van der Waals surface area contributed by atoms with Gasteiger partial charge in [0.1, 0.15) is 10.3 Å². The number of anilines is 1. The number of carbonyl (C=O) groups is 1. The van der Waals surface area contributed by atoms with Crippen molar-refractivity contribution >= 4 is 42.6 Å². The molecule has 1 unspecified atom stereocenters. The molecule has 2 aliphatic rings. The molecule has 1 aliphatic heterocycles. The number of aromatic nitrogens is 2. The van der Waals surface area contributed by atoms with E-state index in [1.54, 1.807) is 25.3 Å². The fraction of sp³-hybridized carbons (Fsp3) is 0.472. The van der Waals surface area contributed by atoms with Gasteiger partial charge in [0, 0.05) is 12.6 Å². The van der Waals surface area contributed by atoms with Crippen molar-refractivity contribution in [2.75, 3.05) is 37.8 Å². The summed E-state index contributed by atoms with van der Waals surface area (Å²) < 4.78 is 31.9. The number of piperidine rings is 1. The highest BCUT2D eigenvalue weighted by atomic mass is 32.2. The van der Waals surface area contributed by atoms with E-state index in [4.69, 9.17) is 4.74 Å². The largest absolute Gasteiger partial charge is 0.481 e. The molecule has 1 N–H and O–H groups in total. The van der Waals surface area contributed by atoms with Crippen LogP contribution in [0.5, 0.6) is 5.88 Å². The topological polar surface area (TPSA) is 101 Å². The van der Waals surface area contributed by atoms with Crippen LogP contribution in [0.15, 0.2) is 71.6 Å². The van der Waals surface area contributed by atoms with Crippen molar-refractivity contribution < 1.29 is 17.9 Å². The Bertz CT molecular complexity index is 1700. The minimum absolute atomic E-state index is 0.122. The molecule has 0 spiro atoms. The lowest BCUT2D eigenvalue weighted by Crippen LogP contribution is -2.35. The summed E-state index contributed by atoms with van der Waals surface area (Å²) in [6.45, 7) is 3.10. The Labute approximate surface area is 276 Å². The molecule has 1 atom stereocenters. The molecule has 10 heteroatoms. The number of benzene rings is 2. The van der Waals surface area contributed by atoms with Crippen molar-refractivity contribution in [1.82, 2.24) is 14.9 Å². The van der Waals surface area contributed by atoms with E-state index in [-0.39, 0.29) is 17.6 Å². The Kier molecular flexibility index (Phi) is 10.7. The molecule has 244 valence electrons. The standard InChI is InChI=1S/C36H44N4O4S2/c1-44-33-16-15-32-35(38-33)45-36(37-32)39-34(41)31(25-28-9-5-6-10-28)29-11-13-30(14-12-29)46(42,43)24-20-27-18-22-40(23-19-27)21-17-26-7-3-2-4-8-26/h2-4,7-8,11-16,27-28,31H,5-6,9-10,17-25H2,1H3,(H,37,39,41). The van der Waals surface area contributed by atoms with E-state index in [0.29, 0.717) is 44.5 Å². The Hall–Kier alpha value is -3.34. The minimum Gasteiger partial charge on any atom is -0.481 e. The highest BCUT2D eigenvalue weighted by molar-refractivity contribution is 7.91. The van der Waals surface area contributed by atoms with E-state index in [1.165, 1.54) is 29.7 Å². The quantitative estimate of drug-likeness (QED) is 0.163. The third kappa shape index (κ3) is 8.32. The Morgan fingerprint density at radius 1 is 0.957 bits per heavy atom. The van der Waals surface area contributed by atoms with E-state index in [0.717, 1.165) is 63.7 Å². The van der Waals surface area contributed by atoms with Gasteiger partial charge in [-0.1, -0.05) is 79.5 Å². The van der Waals surface area contributed by atoms with Crippen LogP contribution in [0.4, 0.5) is 5.13 Å². The molecule has 1 amide bonds. The van der Waals surface area contributed by atoms with E-state index in [1.807, 2.05) is 24.3 Å². The number of thiazole rings is 1. The lowest BCUT2D eigenvalue weighted by molar-refractivity contribution is -0.118. The zero-order valence-corrected chi connectivity index (χ0v) is 28.2. The Morgan fingerprint density at radius 2 is 1.70 bits per heavy atom. The smallest absolute Gasteiger partial charge is 0.233 e. The molecule has 2 aromatic carbocycles. The van der Waals surface area contributed by atoms with Crippen LogP contribution in [-0.4, -0.2) is 61.7 Å². The van der Waals surface area contributed by atoms with Crippen molar-refractivity contribution in [1.29, 1.82) is 0 Å². The lowest BCUT2D eigenvalue weighted by atomic mass is 9.87. The van der Waals surface area contributed by atoms with E-state index < -0.39 is 9.84 Å². The number of rotatable bonds is 13. The van der Waals surface area contributed by atoms with Gasteiger partial charge in [-0.3, -0.25) is 4.79 Å². The first kappa shape index (κ1) is 32.6. The molecule has 1 saturated heterocycles. The number of nitrogens with zero attached hydrogens (tertiary/aromatic N) is 3. The van der Waals surface area contributed by atoms with Gasteiger partial charge in [0.25, 0.3) is 0 Å². The van der Waals surface area contributed by atoms with Crippen LogP contribution in [0.25, 0.3) is 10.3 Å². The first-order chi connectivity index (χ1) is 22.4. The monoisotopic (exact) mass is 660 g/mol. The second-order valence-electron chi connectivity index (χ2n) is 12.8. The maximum atomic E-state index is 13.7. The Morgan fingerprint density at radius 3 is 2.41 bits per heavy atom. The number of carbonyl (C=O) groups excluding carboxylic acids is 1. The molecule has 46 heavy (non-hydrogen) atoms. The molecule has 2 fully saturated rings. The number of likely N-dealkylation sites (tertiary alicyclic amines) is 1. The number of ether oxygens (including phenoxy) is 1. The Balaban J connectivity index is 1.06. The minimum atomic E-state index is -3.41. The van der Waals surface area contributed by atoms with Crippen molar-refractivity contribution in [2.45, 2.75) is 68.6 Å². The van der Waals surface area contributed by atoms with Gasteiger partial charge in [-0.2, -0.15) is 0 Å². The second kappa shape index (κ2) is 15.0. The van der Waals surface area contributed by atoms with E-state index >= 15 is 0 Å². The van der Waals surface area contributed by atoms with Crippen molar-refractivity contribution in [2.24, 2.45) is 11.8 Å². The van der Waals surface area contributed by atoms with Crippen LogP contribution in [0.2, 0.25) is 0 Å². The number of hydrogen-bond acceptors (Lipinski definition) is 8. The molecular formula is C36H44N4O4S2. The normalized spacial score (nSPS) is 17.3. The van der Waals surface area contributed by atoms with Gasteiger partial charge in [0.05, 0.1) is 23.7 Å². The van der Waals surface area contributed by atoms with Gasteiger partial charge < -0.3 is 15.0 Å². The second-order valence-corrected chi connectivity index (χ2v) is 15.9. The number of fused-ring (bicyclic) bond motifs is 1. The zero-order valence-electron chi connectivity index (χ0n) is 26.6. The van der Waals surface area contributed by atoms with Crippen LogP contribution in [0.1, 0.15) is 68.4 Å². The zero-order chi connectivity index (χ0) is 31.9. The molecule has 1 saturated carbocycles. The van der Waals surface area contributed by atoms with Gasteiger partial charge >= 0.3 is 0 Å². The predicted octanol–water partition coefficient (Wildman–Crippen LogP) is 7.12. The van der Waals surface area contributed by atoms with Crippen LogP contribution < -0.4 is 10.1 Å². The summed E-state index contributed by atoms with van der Waals surface area (Å²) in [5.74, 6) is 1.06. The predicted molar refractivity (Wildman–Crippen MR) is 184 cm³/mol. The molecule has 2 aromatic heterocycles. The summed E-state index contributed by atoms with van der Waals surface area (Å²) in [5, 5.41) is 3.53. The summed E-state index contributed by atoms with van der Waals surface area (Å²) in [4.78, 5) is 26.2. The number of methoxy groups -OCH3 is 1. The summed E-state index contributed by atoms with van der Waals surface area (Å²) in [6, 6.07) is 21.2. The third-order valence-corrected chi connectivity index (χ3v) is 12.4. The molecule has 0 bridgehead atoms. The third-order valence-electron chi connectivity index (χ3n) is 9.73. The highest BCUT2D eigenvalue weighted by Gasteiger charge is 2.28. The average Bonchev–Trinajstić information content (AvgIpc) is 3.75. The summed E-state index contributed by atoms with van der Waals surface area (Å²) in [5.41, 5.74) is 2.91. The number of pyridine rings is 1. The molecule has 8 nitrogen and oxygen atoms in total. The first-order valence-electron chi connectivity index (χ1n) is 16.6. The summed E-state index contributed by atoms with van der Waals surface area (Å²) in [6.07, 6.45) is 9.17. The molecular weight excluding hydrogens is 617 g/mol. The average molecular weight is 661 g/mol. The SMILES string of the molecule is COc1ccc2nc(NC(=O)C(CC3CCCC3)c3ccc(S(=O)(=O)CCC4CCN(CCc5ccccc5)CC4)cc3)sc2n1. The van der Waals surface area contributed by atoms with Crippen LogP contribution in [-0.2, 0) is 21.1 Å². The lowest BCUT2D eigenvalue weighted by Gasteiger charge is -2.32. The molecule has 1 aliphatic carbocycles. The molecule has 6 rings (SSSR count). The number of hydrogen-bond donors (Lipinski definition) is 1. The summed E-state index contributed by atoms with van der Waals surface area (Å²) >= 11 is 1.32. The maximum absolute atomic E-state index is 13.7. The van der Waals surface area contributed by atoms with Crippen LogP contribution >= 0.6 is 11.3 Å². The van der Waals surface area contributed by atoms with E-state index in [9.17, 15) is 13.2 Å². The van der Waals surface area contributed by atoms with Crippen molar-refractivity contribution in [3.8, 4) is 5.88 Å². The van der Waals surface area contributed by atoms with Gasteiger partial charge in [-0.25, -0.2) is 18.4 Å². The summed E-state index contributed by atoms with van der Waals surface area (Å²) in [7, 11) is -1.84. The number of nitrogens with one attached hydrogen (secondary N) is 1. The van der Waals surface area contributed by atoms with E-state index in [2.05, 4.69) is 44.5 Å². The van der Waals surface area contributed by atoms with Gasteiger partial charge in [0.2, 0.25) is 11.8 Å². The van der Waals surface area contributed by atoms with Gasteiger partial charge in [-0.15, -0.1) is 0 Å². The molecule has 4 aromatic rings. The maximum Gasteiger partial charge on any atom is 0.233 e. The molecule has 3 heterocycles. The molecule has 0 radical (unpaired) electrons. The first-order valence-corrected chi connectivity index (χ1v) is 19.0. The van der Waals surface area contributed by atoms with Crippen molar-refractivity contribution in [3.05, 3.63) is 77.9 Å². The van der Waals surface area contributed by atoms with Gasteiger partial charge in [-0.05, 0) is 86.4 Å². The fourth-order valence-electron chi connectivity index (χ4n) is 6.91. The van der Waals surface area contributed by atoms with Crippen molar-refractivity contribution in [3.63, 3.8) is 0 Å². The fourth-order valence-corrected chi connectivity index (χ4v) is 9.17. The number of amides is 1. The van der Waals surface area contributed by atoms with Crippen LogP contribution in [0, 0.1) is 11.8 Å². The highest BCUT2D eigenvalue weighted by Crippen LogP contribution is 2.36. The van der Waals surface area contributed by atoms with Crippen LogP contribution in [0.3, 0.4) is 0 Å². The van der Waals surface area contributed by atoms with Gasteiger partial charge in [0.15, 0.2) is 15.0 Å². The number of sulfone groups is 1.